The minimum Gasteiger partial charge on any atom is -1.00 e. The van der Waals surface area contributed by atoms with Gasteiger partial charge in [-0.2, -0.15) is 4.57 Å². The normalized spacial score (nSPS) is 11.8. The van der Waals surface area contributed by atoms with Gasteiger partial charge in [-0.05, 0) is 0 Å². The van der Waals surface area contributed by atoms with Crippen molar-refractivity contribution in [3.63, 3.8) is 0 Å². The number of hydrogen-bond donors (Lipinski definition) is 1. The van der Waals surface area contributed by atoms with Crippen LogP contribution in [0, 0.1) is 0 Å². The molecule has 1 atom stereocenters. The summed E-state index contributed by atoms with van der Waals surface area (Å²) in [5.41, 5.74) is 0. The van der Waals surface area contributed by atoms with Crippen LogP contribution in [-0.2, 0) is 0 Å². The molecule has 0 aliphatic heterocycles. The maximum Gasteiger partial charge on any atom is 0.257 e. The van der Waals surface area contributed by atoms with E-state index < -0.39 is 6.23 Å². The van der Waals surface area contributed by atoms with Crippen molar-refractivity contribution in [2.75, 3.05) is 0 Å². The van der Waals surface area contributed by atoms with Crippen molar-refractivity contribution in [2.45, 2.75) is 13.2 Å². The average molecular weight is 160 g/mol. The molecule has 0 aliphatic carbocycles. The first-order valence-electron chi connectivity index (χ1n) is 2.94. The lowest BCUT2D eigenvalue weighted by atomic mass is 10.5. The van der Waals surface area contributed by atoms with Crippen LogP contribution in [-0.4, -0.2) is 5.11 Å². The SMILES string of the molecule is CC(O)[n+]1ccccc1.[Cl-]. The molecule has 1 N–H and O–H groups in total. The van der Waals surface area contributed by atoms with E-state index in [1.165, 1.54) is 0 Å². The fourth-order valence-corrected chi connectivity index (χ4v) is 0.661. The predicted molar refractivity (Wildman–Crippen MR) is 33.6 cm³/mol. The van der Waals surface area contributed by atoms with Crippen LogP contribution in [0.3, 0.4) is 0 Å². The number of halogens is 1. The number of nitrogens with zero attached hydrogens (tertiary/aromatic N) is 1. The molecule has 0 amide bonds. The standard InChI is InChI=1S/C7H10NO.ClH/c1-7(9)8-5-3-2-4-6-8;/h2-7,9H,1H3;1H/q+1;/p-1. The van der Waals surface area contributed by atoms with E-state index in [0.717, 1.165) is 0 Å². The van der Waals surface area contributed by atoms with Crippen molar-refractivity contribution in [3.8, 4) is 0 Å². The van der Waals surface area contributed by atoms with Crippen molar-refractivity contribution < 1.29 is 22.1 Å². The monoisotopic (exact) mass is 159 g/mol. The van der Waals surface area contributed by atoms with Gasteiger partial charge in [-0.3, -0.25) is 0 Å². The molecule has 0 aromatic carbocycles. The summed E-state index contributed by atoms with van der Waals surface area (Å²) in [6, 6.07) is 5.68. The fraction of sp³-hybridized carbons (Fsp3) is 0.286. The molecular weight excluding hydrogens is 150 g/mol. The minimum absolute atomic E-state index is 0. The van der Waals surface area contributed by atoms with Gasteiger partial charge in [0.05, 0.1) is 0 Å². The summed E-state index contributed by atoms with van der Waals surface area (Å²) >= 11 is 0. The summed E-state index contributed by atoms with van der Waals surface area (Å²) in [5.74, 6) is 0. The van der Waals surface area contributed by atoms with E-state index in [1.807, 2.05) is 30.6 Å². The van der Waals surface area contributed by atoms with Gasteiger partial charge in [0.15, 0.2) is 12.4 Å². The molecule has 0 saturated carbocycles. The molecule has 1 aromatic rings. The van der Waals surface area contributed by atoms with E-state index in [0.29, 0.717) is 0 Å². The lowest BCUT2D eigenvalue weighted by Gasteiger charge is -1.95. The lowest BCUT2D eigenvalue weighted by molar-refractivity contribution is -0.755. The fourth-order valence-electron chi connectivity index (χ4n) is 0.661. The van der Waals surface area contributed by atoms with Crippen molar-refractivity contribution in [1.82, 2.24) is 0 Å². The number of hydrogen-bond acceptors (Lipinski definition) is 1. The Morgan fingerprint density at radius 1 is 1.20 bits per heavy atom. The molecule has 0 saturated heterocycles. The zero-order chi connectivity index (χ0) is 6.69. The van der Waals surface area contributed by atoms with Crippen LogP contribution in [0.2, 0.25) is 0 Å². The van der Waals surface area contributed by atoms with Crippen LogP contribution >= 0.6 is 0 Å². The topological polar surface area (TPSA) is 24.1 Å². The summed E-state index contributed by atoms with van der Waals surface area (Å²) in [6.45, 7) is 1.72. The first kappa shape index (κ1) is 9.40. The molecule has 1 rings (SSSR count). The Morgan fingerprint density at radius 3 is 2.00 bits per heavy atom. The van der Waals surface area contributed by atoms with Crippen molar-refractivity contribution in [1.29, 1.82) is 0 Å². The zero-order valence-corrected chi connectivity index (χ0v) is 6.49. The minimum atomic E-state index is -0.425. The van der Waals surface area contributed by atoms with Gasteiger partial charge in [-0.25, -0.2) is 0 Å². The van der Waals surface area contributed by atoms with Gasteiger partial charge in [-0.1, -0.05) is 6.07 Å². The van der Waals surface area contributed by atoms with E-state index in [2.05, 4.69) is 0 Å². The Morgan fingerprint density at radius 2 is 1.70 bits per heavy atom. The van der Waals surface area contributed by atoms with E-state index in [9.17, 15) is 0 Å². The summed E-state index contributed by atoms with van der Waals surface area (Å²) < 4.78 is 1.72. The molecule has 2 nitrogen and oxygen atoms in total. The maximum atomic E-state index is 8.99. The number of aliphatic hydroxyl groups is 1. The van der Waals surface area contributed by atoms with Gasteiger partial charge in [-0.15, -0.1) is 0 Å². The molecule has 1 heterocycles. The Balaban J connectivity index is 0.000000810. The third-order valence-corrected chi connectivity index (χ3v) is 1.17. The highest BCUT2D eigenvalue weighted by Gasteiger charge is 2.02. The molecule has 1 aromatic heterocycles. The Kier molecular flexibility index (Phi) is 4.00. The van der Waals surface area contributed by atoms with E-state index in [1.54, 1.807) is 11.5 Å². The molecule has 3 heteroatoms. The molecule has 0 spiro atoms. The first-order chi connectivity index (χ1) is 4.30. The summed E-state index contributed by atoms with van der Waals surface area (Å²) in [6.07, 6.45) is 3.22. The number of aliphatic hydroxyl groups excluding tert-OH is 1. The van der Waals surface area contributed by atoms with Gasteiger partial charge in [0, 0.05) is 19.1 Å². The van der Waals surface area contributed by atoms with Gasteiger partial charge < -0.3 is 17.5 Å². The average Bonchev–Trinajstić information content (AvgIpc) is 1.90. The molecule has 56 valence electrons. The molecule has 10 heavy (non-hydrogen) atoms. The zero-order valence-electron chi connectivity index (χ0n) is 5.74. The van der Waals surface area contributed by atoms with E-state index >= 15 is 0 Å². The second-order valence-electron chi connectivity index (χ2n) is 1.95. The highest BCUT2D eigenvalue weighted by Crippen LogP contribution is 1.84. The van der Waals surface area contributed by atoms with Crippen LogP contribution in [0.4, 0.5) is 0 Å². The van der Waals surface area contributed by atoms with Crippen LogP contribution in [0.25, 0.3) is 0 Å². The highest BCUT2D eigenvalue weighted by molar-refractivity contribution is 4.83. The summed E-state index contributed by atoms with van der Waals surface area (Å²) in [7, 11) is 0. The predicted octanol–water partition coefficient (Wildman–Crippen LogP) is -2.51. The van der Waals surface area contributed by atoms with Gasteiger partial charge in [0.25, 0.3) is 6.23 Å². The molecule has 0 aliphatic rings. The lowest BCUT2D eigenvalue weighted by Crippen LogP contribution is -3.00. The van der Waals surface area contributed by atoms with E-state index in [4.69, 9.17) is 5.11 Å². The van der Waals surface area contributed by atoms with Crippen LogP contribution in [0.5, 0.6) is 0 Å². The van der Waals surface area contributed by atoms with Crippen LogP contribution in [0.15, 0.2) is 30.6 Å². The largest absolute Gasteiger partial charge is 1.00 e. The molecule has 0 bridgehead atoms. The quantitative estimate of drug-likeness (QED) is 0.450. The first-order valence-corrected chi connectivity index (χ1v) is 2.94. The molecule has 0 fully saturated rings. The van der Waals surface area contributed by atoms with Crippen LogP contribution in [0.1, 0.15) is 13.2 Å². The molecule has 1 unspecified atom stereocenters. The van der Waals surface area contributed by atoms with Gasteiger partial charge in [0.2, 0.25) is 0 Å². The number of rotatable bonds is 1. The number of pyridine rings is 1. The highest BCUT2D eigenvalue weighted by atomic mass is 35.5. The summed E-state index contributed by atoms with van der Waals surface area (Å²) in [4.78, 5) is 0. The molecule has 0 radical (unpaired) electrons. The van der Waals surface area contributed by atoms with Crippen LogP contribution < -0.4 is 17.0 Å². The second kappa shape index (κ2) is 4.25. The Bertz CT molecular complexity index is 176. The van der Waals surface area contributed by atoms with Gasteiger partial charge in [0.1, 0.15) is 0 Å². The third kappa shape index (κ3) is 2.33. The third-order valence-electron chi connectivity index (χ3n) is 1.17. The maximum absolute atomic E-state index is 8.99. The second-order valence-corrected chi connectivity index (χ2v) is 1.95. The van der Waals surface area contributed by atoms with Crippen molar-refractivity contribution >= 4 is 0 Å². The summed E-state index contributed by atoms with van der Waals surface area (Å²) in [5, 5.41) is 8.99. The molecular formula is C7H10ClNO. The number of aromatic nitrogens is 1. The van der Waals surface area contributed by atoms with E-state index in [-0.39, 0.29) is 12.4 Å². The van der Waals surface area contributed by atoms with Crippen molar-refractivity contribution in [3.05, 3.63) is 30.6 Å². The Labute approximate surface area is 66.5 Å². The van der Waals surface area contributed by atoms with Gasteiger partial charge >= 0.3 is 0 Å². The Hall–Kier alpha value is -0.600. The van der Waals surface area contributed by atoms with Crippen molar-refractivity contribution in [2.24, 2.45) is 0 Å². The smallest absolute Gasteiger partial charge is 0.257 e.